The molecule has 0 saturated heterocycles. The molecule has 0 unspecified atom stereocenters. The van der Waals surface area contributed by atoms with Crippen LogP contribution in [0.25, 0.3) is 0 Å². The first-order valence-corrected chi connectivity index (χ1v) is 6.16. The van der Waals surface area contributed by atoms with E-state index in [0.717, 1.165) is 17.7 Å². The quantitative estimate of drug-likeness (QED) is 0.512. The van der Waals surface area contributed by atoms with Crippen molar-refractivity contribution < 1.29 is 4.92 Å². The van der Waals surface area contributed by atoms with Crippen LogP contribution in [0.1, 0.15) is 11.1 Å². The highest BCUT2D eigenvalue weighted by Gasteiger charge is 2.12. The van der Waals surface area contributed by atoms with Crippen molar-refractivity contribution in [2.45, 2.75) is 13.1 Å². The Kier molecular flexibility index (Phi) is 4.27. The molecule has 1 aromatic heterocycles. The lowest BCUT2D eigenvalue weighted by atomic mass is 10.1. The summed E-state index contributed by atoms with van der Waals surface area (Å²) in [6.07, 6.45) is 3.49. The second-order valence-electron chi connectivity index (χ2n) is 4.68. The maximum atomic E-state index is 10.9. The Balaban J connectivity index is 2.06. The predicted octanol–water partition coefficient (Wildman–Crippen LogP) is 2.20. The lowest BCUT2D eigenvalue weighted by Crippen LogP contribution is -2.17. The number of nitro benzene ring substituents is 1. The summed E-state index contributed by atoms with van der Waals surface area (Å²) < 4.78 is 0. The normalized spacial score (nSPS) is 10.7. The monoisotopic (exact) mass is 272 g/mol. The Morgan fingerprint density at radius 3 is 2.50 bits per heavy atom. The number of hydrogen-bond donors (Lipinski definition) is 1. The molecule has 1 heterocycles. The molecule has 0 bridgehead atoms. The number of nitrogen functional groups attached to an aromatic ring is 1. The van der Waals surface area contributed by atoms with E-state index in [0.29, 0.717) is 6.54 Å². The molecule has 0 amide bonds. The molecule has 2 rings (SSSR count). The van der Waals surface area contributed by atoms with Crippen molar-refractivity contribution in [1.82, 2.24) is 9.88 Å². The molecule has 104 valence electrons. The van der Waals surface area contributed by atoms with Crippen LogP contribution in [0.5, 0.6) is 0 Å². The molecule has 0 aliphatic heterocycles. The molecule has 0 radical (unpaired) electrons. The Morgan fingerprint density at radius 2 is 1.85 bits per heavy atom. The van der Waals surface area contributed by atoms with Crippen LogP contribution in [0.4, 0.5) is 11.4 Å². The van der Waals surface area contributed by atoms with E-state index in [-0.39, 0.29) is 11.4 Å². The maximum absolute atomic E-state index is 10.9. The molecule has 0 aliphatic carbocycles. The van der Waals surface area contributed by atoms with Crippen LogP contribution in [-0.2, 0) is 13.1 Å². The summed E-state index contributed by atoms with van der Waals surface area (Å²) >= 11 is 0. The van der Waals surface area contributed by atoms with Crippen molar-refractivity contribution in [2.75, 3.05) is 12.8 Å². The molecule has 0 spiro atoms. The largest absolute Gasteiger partial charge is 0.393 e. The number of nitro groups is 1. The molecule has 6 nitrogen and oxygen atoms in total. The van der Waals surface area contributed by atoms with Crippen molar-refractivity contribution in [1.29, 1.82) is 0 Å². The van der Waals surface area contributed by atoms with Crippen LogP contribution in [0.3, 0.4) is 0 Å². The SMILES string of the molecule is CN(Cc1ccncc1)Cc1ccc(N)c([N+](=O)[O-])c1. The average Bonchev–Trinajstić information content (AvgIpc) is 2.41. The molecule has 0 aliphatic rings. The zero-order valence-corrected chi connectivity index (χ0v) is 11.2. The molecular weight excluding hydrogens is 256 g/mol. The minimum atomic E-state index is -0.457. The fraction of sp³-hybridized carbons (Fsp3) is 0.214. The Hall–Kier alpha value is -2.47. The van der Waals surface area contributed by atoms with Crippen LogP contribution >= 0.6 is 0 Å². The lowest BCUT2D eigenvalue weighted by molar-refractivity contribution is -0.384. The number of rotatable bonds is 5. The highest BCUT2D eigenvalue weighted by molar-refractivity contribution is 5.59. The topological polar surface area (TPSA) is 85.3 Å². The fourth-order valence-electron chi connectivity index (χ4n) is 2.01. The first-order valence-electron chi connectivity index (χ1n) is 6.16. The summed E-state index contributed by atoms with van der Waals surface area (Å²) in [5.41, 5.74) is 7.74. The third-order valence-electron chi connectivity index (χ3n) is 2.95. The van der Waals surface area contributed by atoms with E-state index >= 15 is 0 Å². The highest BCUT2D eigenvalue weighted by Crippen LogP contribution is 2.23. The zero-order valence-electron chi connectivity index (χ0n) is 11.2. The van der Waals surface area contributed by atoms with Gasteiger partial charge in [-0.15, -0.1) is 0 Å². The van der Waals surface area contributed by atoms with Gasteiger partial charge in [-0.2, -0.15) is 0 Å². The van der Waals surface area contributed by atoms with Crippen LogP contribution in [0.2, 0.25) is 0 Å². The van der Waals surface area contributed by atoms with Gasteiger partial charge in [0.05, 0.1) is 4.92 Å². The molecule has 20 heavy (non-hydrogen) atoms. The minimum Gasteiger partial charge on any atom is -0.393 e. The van der Waals surface area contributed by atoms with E-state index in [4.69, 9.17) is 5.73 Å². The van der Waals surface area contributed by atoms with Crippen LogP contribution < -0.4 is 5.73 Å². The first-order chi connectivity index (χ1) is 9.56. The van der Waals surface area contributed by atoms with Gasteiger partial charge in [0.1, 0.15) is 5.69 Å². The Bertz CT molecular complexity index is 601. The summed E-state index contributed by atoms with van der Waals surface area (Å²) in [5, 5.41) is 10.9. The van der Waals surface area contributed by atoms with Gasteiger partial charge in [-0.25, -0.2) is 0 Å². The molecular formula is C14H16N4O2. The summed E-state index contributed by atoms with van der Waals surface area (Å²) in [5.74, 6) is 0. The number of anilines is 1. The summed E-state index contributed by atoms with van der Waals surface area (Å²) in [7, 11) is 1.96. The van der Waals surface area contributed by atoms with Crippen LogP contribution in [0, 0.1) is 10.1 Å². The first kappa shape index (κ1) is 14.0. The number of nitrogens with two attached hydrogens (primary N) is 1. The average molecular weight is 272 g/mol. The summed E-state index contributed by atoms with van der Waals surface area (Å²) in [4.78, 5) is 16.4. The van der Waals surface area contributed by atoms with Gasteiger partial charge >= 0.3 is 0 Å². The van der Waals surface area contributed by atoms with E-state index in [2.05, 4.69) is 9.88 Å². The van der Waals surface area contributed by atoms with Crippen molar-refractivity contribution in [2.24, 2.45) is 0 Å². The molecule has 0 saturated carbocycles. The van der Waals surface area contributed by atoms with E-state index < -0.39 is 4.92 Å². The third-order valence-corrected chi connectivity index (χ3v) is 2.95. The number of benzene rings is 1. The van der Waals surface area contributed by atoms with Gasteiger partial charge in [-0.3, -0.25) is 20.0 Å². The van der Waals surface area contributed by atoms with Crippen molar-refractivity contribution in [3.8, 4) is 0 Å². The number of hydrogen-bond acceptors (Lipinski definition) is 5. The molecule has 1 aromatic carbocycles. The molecule has 0 atom stereocenters. The zero-order chi connectivity index (χ0) is 14.5. The van der Waals surface area contributed by atoms with Gasteiger partial charge in [0.2, 0.25) is 0 Å². The van der Waals surface area contributed by atoms with Gasteiger partial charge in [-0.05, 0) is 36.4 Å². The van der Waals surface area contributed by atoms with E-state index in [1.54, 1.807) is 18.5 Å². The fourth-order valence-corrected chi connectivity index (χ4v) is 2.01. The minimum absolute atomic E-state index is 0.0418. The summed E-state index contributed by atoms with van der Waals surface area (Å²) in [6.45, 7) is 1.37. The van der Waals surface area contributed by atoms with Gasteiger partial charge in [0.25, 0.3) is 5.69 Å². The number of nitrogens with zero attached hydrogens (tertiary/aromatic N) is 3. The number of pyridine rings is 1. The molecule has 2 N–H and O–H groups in total. The van der Waals surface area contributed by atoms with Crippen molar-refractivity contribution in [3.05, 3.63) is 64.0 Å². The van der Waals surface area contributed by atoms with Gasteiger partial charge < -0.3 is 5.73 Å². The molecule has 6 heteroatoms. The predicted molar refractivity (Wildman–Crippen MR) is 76.9 cm³/mol. The Labute approximate surface area is 117 Å². The maximum Gasteiger partial charge on any atom is 0.292 e. The van der Waals surface area contributed by atoms with E-state index in [1.807, 2.05) is 25.2 Å². The van der Waals surface area contributed by atoms with Crippen LogP contribution in [0.15, 0.2) is 42.7 Å². The second kappa shape index (κ2) is 6.12. The van der Waals surface area contributed by atoms with Gasteiger partial charge in [-0.1, -0.05) is 6.07 Å². The molecule has 0 fully saturated rings. The lowest BCUT2D eigenvalue weighted by Gasteiger charge is -2.16. The van der Waals surface area contributed by atoms with E-state index in [9.17, 15) is 10.1 Å². The van der Waals surface area contributed by atoms with Crippen LogP contribution in [-0.4, -0.2) is 21.9 Å². The number of aromatic nitrogens is 1. The third kappa shape index (κ3) is 3.52. The smallest absolute Gasteiger partial charge is 0.292 e. The molecule has 2 aromatic rings. The van der Waals surface area contributed by atoms with Gasteiger partial charge in [0.15, 0.2) is 0 Å². The Morgan fingerprint density at radius 1 is 1.20 bits per heavy atom. The highest BCUT2D eigenvalue weighted by atomic mass is 16.6. The van der Waals surface area contributed by atoms with Gasteiger partial charge in [0, 0.05) is 31.5 Å². The van der Waals surface area contributed by atoms with E-state index in [1.165, 1.54) is 6.07 Å². The standard InChI is InChI=1S/C14H16N4O2/c1-17(9-11-4-6-16-7-5-11)10-12-2-3-13(15)14(8-12)18(19)20/h2-8H,9-10,15H2,1H3. The second-order valence-corrected chi connectivity index (χ2v) is 4.68. The summed E-state index contributed by atoms with van der Waals surface area (Å²) in [6, 6.07) is 8.81. The van der Waals surface area contributed by atoms with Crippen molar-refractivity contribution >= 4 is 11.4 Å². The van der Waals surface area contributed by atoms with Crippen molar-refractivity contribution in [3.63, 3.8) is 0 Å².